The molecule has 4 aromatic carbocycles. The van der Waals surface area contributed by atoms with Crippen molar-refractivity contribution in [2.24, 2.45) is 11.8 Å². The van der Waals surface area contributed by atoms with Crippen LogP contribution in [0.1, 0.15) is 114 Å². The number of β-amino-alcohol motifs (C(OH)–C–C–N with tert-alkyl or cyclic N) is 1. The molecule has 0 bridgehead atoms. The first-order chi connectivity index (χ1) is 50.4. The van der Waals surface area contributed by atoms with Gasteiger partial charge in [0.15, 0.2) is 0 Å². The van der Waals surface area contributed by atoms with E-state index in [1.165, 1.54) is 0 Å². The van der Waals surface area contributed by atoms with Crippen LogP contribution in [0.4, 0.5) is 4.79 Å². The molecule has 0 spiro atoms. The number of hydrogen-bond donors (Lipinski definition) is 14. The second-order valence-corrected chi connectivity index (χ2v) is 27.0. The molecule has 31 heteroatoms. The van der Waals surface area contributed by atoms with Crippen LogP contribution in [-0.2, 0) is 65.6 Å². The lowest BCUT2D eigenvalue weighted by atomic mass is 9.81. The summed E-state index contributed by atoms with van der Waals surface area (Å²) in [6.07, 6.45) is 4.59. The minimum Gasteiger partial charge on any atom is -0.497 e. The van der Waals surface area contributed by atoms with E-state index in [9.17, 15) is 83.1 Å². The largest absolute Gasteiger partial charge is 0.497 e. The van der Waals surface area contributed by atoms with Crippen LogP contribution >= 0.6 is 0 Å². The Bertz CT molecular complexity index is 3430. The van der Waals surface area contributed by atoms with Gasteiger partial charge in [0.05, 0.1) is 39.9 Å². The zero-order valence-electron chi connectivity index (χ0n) is 60.0. The number of amides is 8. The highest BCUT2D eigenvalue weighted by Gasteiger charge is 2.32. The number of hydrogen-bond acceptors (Lipinski definition) is 18. The average Bonchev–Trinajstić information content (AvgIpc) is 0.773. The predicted octanol–water partition coefficient (Wildman–Crippen LogP) is 2.38. The van der Waals surface area contributed by atoms with Crippen molar-refractivity contribution in [2.75, 3.05) is 118 Å². The summed E-state index contributed by atoms with van der Waals surface area (Å²) in [5, 5.41) is 83.0. The maximum absolute atomic E-state index is 14.4. The molecule has 0 radical (unpaired) electrons. The number of unbranched alkanes of at least 4 members (excludes halogenated alkanes) is 2. The molecule has 31 nitrogen and oxygen atoms in total. The quantitative estimate of drug-likeness (QED) is 0.0223. The minimum absolute atomic E-state index is 0.00408. The summed E-state index contributed by atoms with van der Waals surface area (Å²) >= 11 is 0. The number of fused-ring (bicyclic) bond motifs is 2. The third kappa shape index (κ3) is 31.7. The Morgan fingerprint density at radius 2 is 1.05 bits per heavy atom. The summed E-state index contributed by atoms with van der Waals surface area (Å²) < 4.78 is 5.23. The molecule has 1 aliphatic heterocycles. The number of rotatable bonds is 43. The highest BCUT2D eigenvalue weighted by molar-refractivity contribution is 6.03. The van der Waals surface area contributed by atoms with Crippen molar-refractivity contribution in [1.82, 2.24) is 62.1 Å². The Hall–Kier alpha value is -9.56. The van der Waals surface area contributed by atoms with Gasteiger partial charge in [0.1, 0.15) is 23.9 Å². The normalized spacial score (nSPS) is 16.9. The molecule has 0 unspecified atom stereocenters. The van der Waals surface area contributed by atoms with Crippen LogP contribution in [-0.4, -0.2) is 264 Å². The SMILES string of the molecule is COc1ccc(CCCC(=O)NCC(=O)N[C@@H](CCCCNC(=O)CN2CCN(CC(=O)O)CCN(CCO)CCN(CC(=O)O)CC2)CC(=O)NCC2CCC(C(=O)N[C@@H](Cc3c4ccccc4cc4ccccc34)C(=O)NCCCC[C@H](NC(=O)N[C@@H](CCCC(=O)O)C(=O)O)C(=O)O)CC2)cc1. The topological polar surface area (TPSA) is 445 Å². The molecule has 1 heterocycles. The number of ether oxygens (including phenoxy) is 1. The predicted molar refractivity (Wildman–Crippen MR) is 389 cm³/mol. The molecule has 14 N–H and O–H groups in total. The smallest absolute Gasteiger partial charge is 0.326 e. The van der Waals surface area contributed by atoms with E-state index in [1.54, 1.807) is 16.9 Å². The first-order valence-corrected chi connectivity index (χ1v) is 36.3. The number of aliphatic hydroxyl groups excluding tert-OH is 1. The number of nitrogens with zero attached hydrogens (tertiary/aromatic N) is 4. The van der Waals surface area contributed by atoms with Crippen molar-refractivity contribution in [1.29, 1.82) is 0 Å². The van der Waals surface area contributed by atoms with Crippen LogP contribution in [0.25, 0.3) is 21.5 Å². The number of carbonyl (C=O) groups is 12. The Kier molecular flexibility index (Phi) is 36.7. The number of aryl methyl sites for hydroxylation is 1. The molecule has 2 aliphatic rings. The highest BCUT2D eigenvalue weighted by atomic mass is 16.5. The molecular formula is C74H106N12O19. The number of benzene rings is 4. The molecule has 8 amide bonds. The van der Waals surface area contributed by atoms with Crippen LogP contribution in [0.2, 0.25) is 0 Å². The lowest BCUT2D eigenvalue weighted by Crippen LogP contribution is -2.51. The fourth-order valence-corrected chi connectivity index (χ4v) is 13.2. The van der Waals surface area contributed by atoms with Crippen molar-refractivity contribution in [2.45, 2.75) is 140 Å². The van der Waals surface area contributed by atoms with E-state index in [4.69, 9.17) is 9.84 Å². The van der Waals surface area contributed by atoms with Gasteiger partial charge >= 0.3 is 35.9 Å². The number of carboxylic acid groups (broad SMARTS) is 5. The monoisotopic (exact) mass is 1470 g/mol. The van der Waals surface area contributed by atoms with Crippen molar-refractivity contribution < 1.29 is 92.9 Å². The Morgan fingerprint density at radius 1 is 0.505 bits per heavy atom. The van der Waals surface area contributed by atoms with E-state index in [2.05, 4.69) is 48.6 Å². The third-order valence-corrected chi connectivity index (χ3v) is 19.0. The lowest BCUT2D eigenvalue weighted by Gasteiger charge is -2.33. The number of aliphatic hydroxyl groups is 1. The van der Waals surface area contributed by atoms with Crippen LogP contribution in [0.5, 0.6) is 5.75 Å². The van der Waals surface area contributed by atoms with Gasteiger partial charge in [-0.2, -0.15) is 0 Å². The molecule has 4 aromatic rings. The van der Waals surface area contributed by atoms with E-state index in [-0.39, 0.29) is 133 Å². The Morgan fingerprint density at radius 3 is 1.60 bits per heavy atom. The molecule has 105 heavy (non-hydrogen) atoms. The number of nitrogens with one attached hydrogen (secondary N) is 8. The van der Waals surface area contributed by atoms with E-state index in [0.717, 1.165) is 38.4 Å². The molecular weight excluding hydrogens is 1360 g/mol. The summed E-state index contributed by atoms with van der Waals surface area (Å²) in [4.78, 5) is 161. The van der Waals surface area contributed by atoms with Gasteiger partial charge in [-0.1, -0.05) is 60.7 Å². The van der Waals surface area contributed by atoms with E-state index < -0.39 is 77.8 Å². The van der Waals surface area contributed by atoms with E-state index in [1.807, 2.05) is 82.6 Å². The molecule has 1 saturated carbocycles. The summed E-state index contributed by atoms with van der Waals surface area (Å²) in [6.45, 7) is 3.03. The maximum Gasteiger partial charge on any atom is 0.326 e. The summed E-state index contributed by atoms with van der Waals surface area (Å²) in [5.41, 5.74) is 1.87. The first-order valence-electron chi connectivity index (χ1n) is 36.3. The summed E-state index contributed by atoms with van der Waals surface area (Å²) in [6, 6.07) is 19.5. The number of urea groups is 1. The van der Waals surface area contributed by atoms with Crippen molar-refractivity contribution >= 4 is 92.9 Å². The van der Waals surface area contributed by atoms with Crippen molar-refractivity contribution in [3.05, 3.63) is 90.0 Å². The van der Waals surface area contributed by atoms with Gasteiger partial charge < -0.3 is 77.9 Å². The van der Waals surface area contributed by atoms with E-state index in [0.29, 0.717) is 123 Å². The lowest BCUT2D eigenvalue weighted by molar-refractivity contribution is -0.141. The van der Waals surface area contributed by atoms with Crippen molar-refractivity contribution in [3.63, 3.8) is 0 Å². The zero-order valence-corrected chi connectivity index (χ0v) is 60.0. The van der Waals surface area contributed by atoms with Crippen LogP contribution in [0, 0.1) is 11.8 Å². The van der Waals surface area contributed by atoms with Crippen LogP contribution < -0.4 is 47.3 Å². The first kappa shape index (κ1) is 84.4. The third-order valence-electron chi connectivity index (χ3n) is 19.0. The highest BCUT2D eigenvalue weighted by Crippen LogP contribution is 2.32. The average molecular weight is 1470 g/mol. The van der Waals surface area contributed by atoms with Gasteiger partial charge in [-0.15, -0.1) is 0 Å². The molecule has 4 atom stereocenters. The molecule has 1 aliphatic carbocycles. The standard InChI is InChI=1S/C74H106N12O19/c1-105-56-28-24-50(25-29-56)12-10-20-63(88)78-46-65(90)79-55(15-6-8-30-75-66(91)47-84-36-38-85(48-68(94)95)34-32-83(40-41-87)33-35-86(39-37-84)49-69(96)97)43-64(89)77-45-51-22-26-52(27-23-51)70(98)80-62(44-59-57-16-4-2-13-53(57)42-54-14-3-5-17-58(54)59)71(99)76-31-9-7-18-60(72(100)101)81-74(104)82-61(73(102)103)19-11-21-67(92)93/h2-5,13-14,16-17,24-25,28-29,42,51-52,55,60-62,87H,6-12,15,18-23,26-27,30-41,43-49H2,1H3,(H,75,91)(H,76,99)(H,77,89)(H,78,88)(H,79,90)(H,80,98)(H,92,93)(H,94,95)(H,96,97)(H,100,101)(H,102,103)(H2,81,82,104)/t51?,52?,55-,60-,61-,62-/m0/s1. The van der Waals surface area contributed by atoms with Gasteiger partial charge in [-0.25, -0.2) is 14.4 Å². The van der Waals surface area contributed by atoms with Crippen LogP contribution in [0.3, 0.4) is 0 Å². The van der Waals surface area contributed by atoms with Gasteiger partial charge in [-0.3, -0.25) is 62.8 Å². The van der Waals surface area contributed by atoms with Crippen LogP contribution in [0.15, 0.2) is 78.9 Å². The van der Waals surface area contributed by atoms with Gasteiger partial charge in [0.2, 0.25) is 35.4 Å². The summed E-state index contributed by atoms with van der Waals surface area (Å²) in [7, 11) is 1.58. The number of methoxy groups -OCH3 is 1. The summed E-state index contributed by atoms with van der Waals surface area (Å²) in [5.74, 6) is -7.92. The minimum atomic E-state index is -1.45. The molecule has 0 aromatic heterocycles. The Balaban J connectivity index is 1.03. The number of carbonyl (C=O) groups excluding carboxylic acids is 7. The van der Waals surface area contributed by atoms with E-state index >= 15 is 0 Å². The molecule has 6 rings (SSSR count). The van der Waals surface area contributed by atoms with Crippen molar-refractivity contribution in [3.8, 4) is 5.75 Å². The molecule has 1 saturated heterocycles. The Labute approximate surface area is 611 Å². The fraction of sp³-hybridized carbons (Fsp3) is 0.568. The van der Waals surface area contributed by atoms with Gasteiger partial charge in [0, 0.05) is 116 Å². The second kappa shape index (κ2) is 45.6. The fourth-order valence-electron chi connectivity index (χ4n) is 13.2. The zero-order chi connectivity index (χ0) is 76.0. The molecule has 576 valence electrons. The maximum atomic E-state index is 14.4. The second-order valence-electron chi connectivity index (χ2n) is 27.0. The van der Waals surface area contributed by atoms with Gasteiger partial charge in [-0.05, 0) is 147 Å². The number of aliphatic carboxylic acids is 5. The molecule has 2 fully saturated rings. The number of carboxylic acids is 5. The van der Waals surface area contributed by atoms with Gasteiger partial charge in [0.25, 0.3) is 0 Å².